The molecule has 0 spiro atoms. The second-order valence-electron chi connectivity index (χ2n) is 6.73. The summed E-state index contributed by atoms with van der Waals surface area (Å²) in [6.07, 6.45) is 1.81. The van der Waals surface area contributed by atoms with E-state index in [1.807, 2.05) is 66.7 Å². The topological polar surface area (TPSA) is 52.3 Å². The van der Waals surface area contributed by atoms with Crippen LogP contribution in [0.1, 0.15) is 16.7 Å². The van der Waals surface area contributed by atoms with Gasteiger partial charge in [-0.25, -0.2) is 0 Å². The highest BCUT2D eigenvalue weighted by molar-refractivity contribution is 6.52. The van der Waals surface area contributed by atoms with Gasteiger partial charge in [0.05, 0.1) is 0 Å². The molecule has 0 unspecified atom stereocenters. The molecule has 0 aromatic heterocycles. The fraction of sp³-hybridized carbons (Fsp3) is 0.174. The zero-order valence-corrected chi connectivity index (χ0v) is 15.3. The van der Waals surface area contributed by atoms with Gasteiger partial charge in [0.15, 0.2) is 0 Å². The Kier molecular flexibility index (Phi) is 6.83. The predicted molar refractivity (Wildman–Crippen MR) is 110 cm³/mol. The SMILES string of the molecule is N[C@H](Cc1ccccc1)C(=O)OB(Cc1ccccc1)Cc1ccccc1. The maximum atomic E-state index is 12.6. The number of carbonyl (C=O) groups is 1. The molecule has 4 heteroatoms. The standard InChI is InChI=1S/C23H24BNO2/c25-22(16-19-10-4-1-5-11-19)23(26)27-24(17-20-12-6-2-7-13-20)18-21-14-8-3-9-15-21/h1-15,22H,16-18,25H2/t22-/m1/s1. The number of hydrogen-bond donors (Lipinski definition) is 1. The minimum Gasteiger partial charge on any atom is -0.534 e. The van der Waals surface area contributed by atoms with Crippen LogP contribution >= 0.6 is 0 Å². The van der Waals surface area contributed by atoms with Gasteiger partial charge in [-0.2, -0.15) is 0 Å². The van der Waals surface area contributed by atoms with Crippen molar-refractivity contribution in [3.63, 3.8) is 0 Å². The van der Waals surface area contributed by atoms with E-state index in [1.165, 1.54) is 0 Å². The molecule has 0 saturated heterocycles. The predicted octanol–water partition coefficient (Wildman–Crippen LogP) is 3.65. The second-order valence-corrected chi connectivity index (χ2v) is 6.73. The van der Waals surface area contributed by atoms with Gasteiger partial charge >= 0.3 is 12.9 Å². The van der Waals surface area contributed by atoms with Gasteiger partial charge in [-0.1, -0.05) is 102 Å². The Morgan fingerprint density at radius 1 is 0.741 bits per heavy atom. The highest BCUT2D eigenvalue weighted by atomic mass is 16.5. The van der Waals surface area contributed by atoms with Crippen LogP contribution in [-0.2, 0) is 28.5 Å². The zero-order valence-electron chi connectivity index (χ0n) is 15.3. The summed E-state index contributed by atoms with van der Waals surface area (Å²) in [6.45, 7) is -0.246. The lowest BCUT2D eigenvalue weighted by atomic mass is 9.58. The first kappa shape index (κ1) is 18.9. The quantitative estimate of drug-likeness (QED) is 0.626. The Morgan fingerprint density at radius 2 is 1.15 bits per heavy atom. The summed E-state index contributed by atoms with van der Waals surface area (Å²) < 4.78 is 5.83. The molecule has 3 aromatic carbocycles. The molecule has 3 nitrogen and oxygen atoms in total. The van der Waals surface area contributed by atoms with E-state index in [9.17, 15) is 4.79 Å². The molecule has 3 aromatic rings. The Bertz CT molecular complexity index is 783. The van der Waals surface area contributed by atoms with Crippen LogP contribution in [0.25, 0.3) is 0 Å². The van der Waals surface area contributed by atoms with Crippen molar-refractivity contribution in [1.82, 2.24) is 0 Å². The summed E-state index contributed by atoms with van der Waals surface area (Å²) in [5, 5.41) is 0. The lowest BCUT2D eigenvalue weighted by Crippen LogP contribution is -2.39. The Hall–Kier alpha value is -2.85. The summed E-state index contributed by atoms with van der Waals surface area (Å²) in [5.41, 5.74) is 9.42. The zero-order chi connectivity index (χ0) is 18.9. The van der Waals surface area contributed by atoms with Gasteiger partial charge < -0.3 is 10.4 Å². The fourth-order valence-electron chi connectivity index (χ4n) is 3.11. The molecule has 0 saturated carbocycles. The molecule has 1 atom stereocenters. The van der Waals surface area contributed by atoms with Crippen molar-refractivity contribution < 1.29 is 9.45 Å². The molecule has 0 bridgehead atoms. The first-order valence-corrected chi connectivity index (χ1v) is 9.28. The minimum atomic E-state index is -0.665. The highest BCUT2D eigenvalue weighted by Gasteiger charge is 2.25. The van der Waals surface area contributed by atoms with Crippen molar-refractivity contribution >= 4 is 12.9 Å². The van der Waals surface area contributed by atoms with Crippen molar-refractivity contribution in [2.75, 3.05) is 0 Å². The van der Waals surface area contributed by atoms with Crippen molar-refractivity contribution in [3.8, 4) is 0 Å². The first-order valence-electron chi connectivity index (χ1n) is 9.28. The van der Waals surface area contributed by atoms with Crippen LogP contribution in [0.2, 0.25) is 0 Å². The maximum absolute atomic E-state index is 12.6. The van der Waals surface area contributed by atoms with Gasteiger partial charge in [0.1, 0.15) is 6.04 Å². The van der Waals surface area contributed by atoms with Crippen LogP contribution < -0.4 is 5.73 Å². The van der Waals surface area contributed by atoms with Crippen molar-refractivity contribution in [2.45, 2.75) is 25.1 Å². The summed E-state index contributed by atoms with van der Waals surface area (Å²) >= 11 is 0. The smallest absolute Gasteiger partial charge is 0.370 e. The van der Waals surface area contributed by atoms with E-state index >= 15 is 0 Å². The Balaban J connectivity index is 1.66. The van der Waals surface area contributed by atoms with E-state index in [1.54, 1.807) is 0 Å². The van der Waals surface area contributed by atoms with Gasteiger partial charge in [0.2, 0.25) is 0 Å². The number of nitrogens with two attached hydrogens (primary N) is 1. The Morgan fingerprint density at radius 3 is 1.59 bits per heavy atom. The lowest BCUT2D eigenvalue weighted by molar-refractivity contribution is -0.136. The van der Waals surface area contributed by atoms with Gasteiger partial charge in [-0.3, -0.25) is 4.79 Å². The van der Waals surface area contributed by atoms with Crippen LogP contribution in [-0.4, -0.2) is 18.9 Å². The minimum absolute atomic E-state index is 0.246. The summed E-state index contributed by atoms with van der Waals surface area (Å²) in [7, 11) is 0. The number of rotatable bonds is 8. The van der Waals surface area contributed by atoms with E-state index in [2.05, 4.69) is 24.3 Å². The van der Waals surface area contributed by atoms with E-state index in [-0.39, 0.29) is 12.9 Å². The molecule has 0 aliphatic carbocycles. The largest absolute Gasteiger partial charge is 0.534 e. The molecule has 0 heterocycles. The van der Waals surface area contributed by atoms with E-state index in [0.29, 0.717) is 19.1 Å². The summed E-state index contributed by atoms with van der Waals surface area (Å²) in [6, 6.07) is 29.3. The summed E-state index contributed by atoms with van der Waals surface area (Å²) in [4.78, 5) is 12.6. The Labute approximate surface area is 161 Å². The van der Waals surface area contributed by atoms with Crippen LogP contribution in [0, 0.1) is 0 Å². The highest BCUT2D eigenvalue weighted by Crippen LogP contribution is 2.11. The molecule has 0 amide bonds. The number of benzene rings is 3. The molecule has 0 aliphatic heterocycles. The average molecular weight is 357 g/mol. The second kappa shape index (κ2) is 9.74. The van der Waals surface area contributed by atoms with E-state index in [4.69, 9.17) is 10.4 Å². The molecule has 2 N–H and O–H groups in total. The molecule has 27 heavy (non-hydrogen) atoms. The van der Waals surface area contributed by atoms with Crippen LogP contribution in [0.5, 0.6) is 0 Å². The first-order chi connectivity index (χ1) is 13.2. The fourth-order valence-corrected chi connectivity index (χ4v) is 3.11. The van der Waals surface area contributed by atoms with Crippen molar-refractivity contribution in [2.24, 2.45) is 5.73 Å². The third kappa shape index (κ3) is 6.12. The van der Waals surface area contributed by atoms with E-state index in [0.717, 1.165) is 16.7 Å². The monoisotopic (exact) mass is 357 g/mol. The molecular formula is C23H24BNO2. The van der Waals surface area contributed by atoms with Crippen LogP contribution in [0.15, 0.2) is 91.0 Å². The van der Waals surface area contributed by atoms with E-state index < -0.39 is 6.04 Å². The maximum Gasteiger partial charge on any atom is 0.370 e. The molecule has 0 radical (unpaired) electrons. The normalized spacial score (nSPS) is 11.6. The molecule has 136 valence electrons. The van der Waals surface area contributed by atoms with Crippen LogP contribution in [0.4, 0.5) is 0 Å². The van der Waals surface area contributed by atoms with Gasteiger partial charge in [0, 0.05) is 0 Å². The van der Waals surface area contributed by atoms with Crippen LogP contribution in [0.3, 0.4) is 0 Å². The third-order valence-corrected chi connectivity index (χ3v) is 4.50. The number of hydrogen-bond acceptors (Lipinski definition) is 3. The molecule has 0 aliphatic rings. The molecular weight excluding hydrogens is 333 g/mol. The average Bonchev–Trinajstić information content (AvgIpc) is 2.70. The molecule has 3 rings (SSSR count). The number of carbonyl (C=O) groups excluding carboxylic acids is 1. The van der Waals surface area contributed by atoms with Gasteiger partial charge in [-0.15, -0.1) is 0 Å². The molecule has 0 fully saturated rings. The third-order valence-electron chi connectivity index (χ3n) is 4.50. The van der Waals surface area contributed by atoms with Gasteiger partial charge in [0.25, 0.3) is 0 Å². The van der Waals surface area contributed by atoms with Crippen molar-refractivity contribution in [3.05, 3.63) is 108 Å². The summed E-state index contributed by atoms with van der Waals surface area (Å²) in [5.74, 6) is -0.351. The van der Waals surface area contributed by atoms with Crippen molar-refractivity contribution in [1.29, 1.82) is 0 Å². The van der Waals surface area contributed by atoms with Gasteiger partial charge in [-0.05, 0) is 24.6 Å². The lowest BCUT2D eigenvalue weighted by Gasteiger charge is -2.18.